The van der Waals surface area contributed by atoms with E-state index >= 15 is 0 Å². The van der Waals surface area contributed by atoms with Crippen LogP contribution < -0.4 is 5.32 Å². The molecule has 0 aliphatic heterocycles. The summed E-state index contributed by atoms with van der Waals surface area (Å²) in [5.41, 5.74) is 5.52. The van der Waals surface area contributed by atoms with Gasteiger partial charge in [-0.3, -0.25) is 0 Å². The predicted molar refractivity (Wildman–Crippen MR) is 86.4 cm³/mol. The van der Waals surface area contributed by atoms with Gasteiger partial charge < -0.3 is 5.32 Å². The smallest absolute Gasteiger partial charge is 0.0170 e. The molecule has 0 bridgehead atoms. The highest BCUT2D eigenvalue weighted by Gasteiger charge is 2.05. The summed E-state index contributed by atoms with van der Waals surface area (Å²) in [4.78, 5) is 0. The van der Waals surface area contributed by atoms with Crippen LogP contribution in [0.25, 0.3) is 6.08 Å². The first-order valence-electron chi connectivity index (χ1n) is 7.38. The van der Waals surface area contributed by atoms with Crippen LogP contribution in [0.3, 0.4) is 0 Å². The second-order valence-electron chi connectivity index (χ2n) is 6.26. The number of aryl methyl sites for hydroxylation is 2. The fraction of sp³-hybridized carbons (Fsp3) is 0.556. The van der Waals surface area contributed by atoms with Gasteiger partial charge in [0.05, 0.1) is 0 Å². The fourth-order valence-electron chi connectivity index (χ4n) is 2.11. The van der Waals surface area contributed by atoms with Gasteiger partial charge >= 0.3 is 0 Å². The van der Waals surface area contributed by atoms with Gasteiger partial charge in [0.2, 0.25) is 0 Å². The molecular formula is C18H29N. The van der Waals surface area contributed by atoms with Crippen LogP contribution in [0.5, 0.6) is 0 Å². The zero-order valence-electron chi connectivity index (χ0n) is 13.4. The Balaban J connectivity index is 2.82. The second kappa shape index (κ2) is 7.49. The van der Waals surface area contributed by atoms with Crippen LogP contribution in [0.2, 0.25) is 0 Å². The van der Waals surface area contributed by atoms with Crippen molar-refractivity contribution >= 4 is 6.08 Å². The van der Waals surface area contributed by atoms with Crippen LogP contribution in [0.1, 0.15) is 44.4 Å². The predicted octanol–water partition coefficient (Wildman–Crippen LogP) is 4.59. The van der Waals surface area contributed by atoms with Crippen molar-refractivity contribution in [2.24, 2.45) is 11.8 Å². The molecule has 1 nitrogen and oxygen atoms in total. The second-order valence-corrected chi connectivity index (χ2v) is 6.26. The van der Waals surface area contributed by atoms with Crippen molar-refractivity contribution in [1.82, 2.24) is 5.32 Å². The lowest BCUT2D eigenvalue weighted by Gasteiger charge is -2.15. The van der Waals surface area contributed by atoms with Gasteiger partial charge in [0, 0.05) is 6.54 Å². The highest BCUT2D eigenvalue weighted by atomic mass is 14.9. The van der Waals surface area contributed by atoms with Gasteiger partial charge in [-0.05, 0) is 43.4 Å². The molecule has 0 aliphatic rings. The van der Waals surface area contributed by atoms with Gasteiger partial charge in [0.25, 0.3) is 0 Å². The Bertz CT molecular complexity index is 427. The van der Waals surface area contributed by atoms with Crippen molar-refractivity contribution < 1.29 is 0 Å². The van der Waals surface area contributed by atoms with Crippen LogP contribution in [0, 0.1) is 25.7 Å². The maximum absolute atomic E-state index is 3.55. The van der Waals surface area contributed by atoms with E-state index in [-0.39, 0.29) is 0 Å². The van der Waals surface area contributed by atoms with Crippen LogP contribution >= 0.6 is 0 Å². The average Bonchev–Trinajstić information content (AvgIpc) is 2.30. The van der Waals surface area contributed by atoms with Crippen molar-refractivity contribution in [3.05, 3.63) is 40.5 Å². The minimum absolute atomic E-state index is 0.584. The minimum Gasteiger partial charge on any atom is -0.313 e. The molecule has 0 fully saturated rings. The Labute approximate surface area is 119 Å². The third-order valence-electron chi connectivity index (χ3n) is 3.39. The molecular weight excluding hydrogens is 230 g/mol. The molecule has 1 rings (SSSR count). The summed E-state index contributed by atoms with van der Waals surface area (Å²) in [6, 6.07) is 6.68. The van der Waals surface area contributed by atoms with Crippen LogP contribution in [0.15, 0.2) is 23.8 Å². The van der Waals surface area contributed by atoms with E-state index in [2.05, 4.69) is 71.1 Å². The molecule has 0 heterocycles. The molecule has 0 aliphatic carbocycles. The Morgan fingerprint density at radius 1 is 1.16 bits per heavy atom. The molecule has 1 aromatic rings. The van der Waals surface area contributed by atoms with Crippen molar-refractivity contribution in [1.29, 1.82) is 0 Å². The lowest BCUT2D eigenvalue weighted by molar-refractivity contribution is 0.558. The quantitative estimate of drug-likeness (QED) is 0.788. The Hall–Kier alpha value is -1.08. The van der Waals surface area contributed by atoms with Crippen LogP contribution in [-0.2, 0) is 0 Å². The normalized spacial score (nSPS) is 12.5. The van der Waals surface area contributed by atoms with E-state index in [0.29, 0.717) is 11.8 Å². The molecule has 0 amide bonds. The van der Waals surface area contributed by atoms with Gasteiger partial charge in [0.1, 0.15) is 0 Å². The van der Waals surface area contributed by atoms with Gasteiger partial charge in [-0.25, -0.2) is 0 Å². The number of nitrogens with one attached hydrogen (secondary N) is 1. The van der Waals surface area contributed by atoms with E-state index in [9.17, 15) is 0 Å². The molecule has 1 aromatic carbocycles. The first-order valence-corrected chi connectivity index (χ1v) is 7.38. The summed E-state index contributed by atoms with van der Waals surface area (Å²) in [7, 11) is 0. The number of benzene rings is 1. The van der Waals surface area contributed by atoms with E-state index in [1.54, 1.807) is 0 Å². The van der Waals surface area contributed by atoms with Crippen molar-refractivity contribution in [3.8, 4) is 0 Å². The molecule has 0 atom stereocenters. The van der Waals surface area contributed by atoms with E-state index in [4.69, 9.17) is 0 Å². The third-order valence-corrected chi connectivity index (χ3v) is 3.39. The van der Waals surface area contributed by atoms with E-state index < -0.39 is 0 Å². The summed E-state index contributed by atoms with van der Waals surface area (Å²) >= 11 is 0. The molecule has 0 spiro atoms. The zero-order valence-corrected chi connectivity index (χ0v) is 13.4. The zero-order chi connectivity index (χ0) is 14.4. The number of rotatable bonds is 6. The maximum atomic E-state index is 3.55. The Kier molecular flexibility index (Phi) is 6.30. The SMILES string of the molecule is Cc1ccc(C=C(CNCC(C)C)C(C)C)c(C)c1. The lowest BCUT2D eigenvalue weighted by atomic mass is 9.97. The Morgan fingerprint density at radius 3 is 2.37 bits per heavy atom. The van der Waals surface area contributed by atoms with Crippen LogP contribution in [-0.4, -0.2) is 13.1 Å². The molecule has 1 N–H and O–H groups in total. The first kappa shape index (κ1) is 16.0. The summed E-state index contributed by atoms with van der Waals surface area (Å²) in [5.74, 6) is 1.29. The first-order chi connectivity index (χ1) is 8.90. The standard InChI is InChI=1S/C18H29N/c1-13(2)11-19-12-18(14(3)4)10-17-8-7-15(5)9-16(17)6/h7-10,13-14,19H,11-12H2,1-6H3. The summed E-state index contributed by atoms with van der Waals surface area (Å²) < 4.78 is 0. The maximum Gasteiger partial charge on any atom is 0.0170 e. The van der Waals surface area contributed by atoms with Crippen molar-refractivity contribution in [3.63, 3.8) is 0 Å². The van der Waals surface area contributed by atoms with E-state index in [0.717, 1.165) is 13.1 Å². The van der Waals surface area contributed by atoms with Gasteiger partial charge in [0.15, 0.2) is 0 Å². The lowest BCUT2D eigenvalue weighted by Crippen LogP contribution is -2.23. The van der Waals surface area contributed by atoms with Crippen molar-refractivity contribution in [2.75, 3.05) is 13.1 Å². The number of hydrogen-bond donors (Lipinski definition) is 1. The average molecular weight is 259 g/mol. The fourth-order valence-corrected chi connectivity index (χ4v) is 2.11. The molecule has 0 saturated heterocycles. The molecule has 19 heavy (non-hydrogen) atoms. The molecule has 1 heteroatoms. The largest absolute Gasteiger partial charge is 0.313 e. The molecule has 106 valence electrons. The van der Waals surface area contributed by atoms with Gasteiger partial charge in [-0.15, -0.1) is 0 Å². The monoisotopic (exact) mass is 259 g/mol. The molecule has 0 saturated carbocycles. The molecule has 0 unspecified atom stereocenters. The third kappa shape index (κ3) is 5.61. The summed E-state index contributed by atoms with van der Waals surface area (Å²) in [6.45, 7) is 15.4. The highest BCUT2D eigenvalue weighted by Crippen LogP contribution is 2.18. The summed E-state index contributed by atoms with van der Waals surface area (Å²) in [5, 5.41) is 3.55. The van der Waals surface area contributed by atoms with E-state index in [1.165, 1.54) is 22.3 Å². The van der Waals surface area contributed by atoms with Gasteiger partial charge in [-0.2, -0.15) is 0 Å². The minimum atomic E-state index is 0.584. The number of hydrogen-bond acceptors (Lipinski definition) is 1. The van der Waals surface area contributed by atoms with E-state index in [1.807, 2.05) is 0 Å². The topological polar surface area (TPSA) is 12.0 Å². The van der Waals surface area contributed by atoms with Crippen molar-refractivity contribution in [2.45, 2.75) is 41.5 Å². The molecule has 0 radical (unpaired) electrons. The Morgan fingerprint density at radius 2 is 1.84 bits per heavy atom. The molecule has 0 aromatic heterocycles. The highest BCUT2D eigenvalue weighted by molar-refractivity contribution is 5.57. The van der Waals surface area contributed by atoms with Gasteiger partial charge in [-0.1, -0.05) is 63.1 Å². The summed E-state index contributed by atoms with van der Waals surface area (Å²) in [6.07, 6.45) is 2.35. The van der Waals surface area contributed by atoms with Crippen LogP contribution in [0.4, 0.5) is 0 Å².